The largest absolute Gasteiger partial charge is 0.0839 e. The predicted octanol–water partition coefficient (Wildman–Crippen LogP) is 6.97. The normalized spacial score (nSPS) is 25.2. The lowest BCUT2D eigenvalue weighted by Gasteiger charge is -2.34. The van der Waals surface area contributed by atoms with Gasteiger partial charge in [-0.2, -0.15) is 0 Å². The zero-order valence-corrected chi connectivity index (χ0v) is 16.7. The molecule has 2 aromatic rings. The van der Waals surface area contributed by atoms with Crippen molar-refractivity contribution in [1.82, 2.24) is 0 Å². The van der Waals surface area contributed by atoms with Crippen molar-refractivity contribution in [2.24, 2.45) is 0 Å². The first-order valence-corrected chi connectivity index (χ1v) is 10.6. The van der Waals surface area contributed by atoms with Crippen molar-refractivity contribution in [3.63, 3.8) is 0 Å². The van der Waals surface area contributed by atoms with Crippen LogP contribution in [0.5, 0.6) is 0 Å². The number of benzene rings is 2. The number of hydrogen-bond donors (Lipinski definition) is 0. The van der Waals surface area contributed by atoms with Gasteiger partial charge in [0.05, 0.1) is 5.41 Å². The van der Waals surface area contributed by atoms with Crippen LogP contribution in [0.15, 0.2) is 81.5 Å². The summed E-state index contributed by atoms with van der Waals surface area (Å²) >= 11 is 2.54. The Morgan fingerprint density at radius 3 is 2.12 bits per heavy atom. The molecule has 4 aliphatic rings. The van der Waals surface area contributed by atoms with Gasteiger partial charge in [0.25, 0.3) is 0 Å². The Morgan fingerprint density at radius 1 is 0.731 bits per heavy atom. The standard InChI is InChI=1S/C25H19I/c26-16-13-14-20-19-9-3-6-12-23(19)25(24(20)15-16)21-10-4-1-7-17(21)18-8-2-5-11-22(18)25/h1,3-7,9-12,15H,2,8,13-14H2. The van der Waals surface area contributed by atoms with Crippen LogP contribution in [0.1, 0.15) is 47.9 Å². The third-order valence-electron chi connectivity index (χ3n) is 6.53. The Bertz CT molecular complexity index is 1080. The molecule has 126 valence electrons. The number of allylic oxidation sites excluding steroid dienone is 8. The third kappa shape index (κ3) is 1.70. The van der Waals surface area contributed by atoms with Crippen LogP contribution >= 0.6 is 22.6 Å². The van der Waals surface area contributed by atoms with E-state index in [0.29, 0.717) is 0 Å². The minimum absolute atomic E-state index is 0.0917. The molecule has 1 atom stereocenters. The fourth-order valence-corrected chi connectivity index (χ4v) is 6.20. The minimum Gasteiger partial charge on any atom is -0.0839 e. The molecule has 0 amide bonds. The monoisotopic (exact) mass is 446 g/mol. The first-order valence-electron chi connectivity index (χ1n) is 9.51. The molecule has 4 aliphatic carbocycles. The second kappa shape index (κ2) is 5.32. The third-order valence-corrected chi connectivity index (χ3v) is 7.38. The van der Waals surface area contributed by atoms with Crippen molar-refractivity contribution in [1.29, 1.82) is 0 Å². The molecule has 0 radical (unpaired) electrons. The first kappa shape index (κ1) is 15.2. The van der Waals surface area contributed by atoms with Crippen molar-refractivity contribution in [2.75, 3.05) is 0 Å². The van der Waals surface area contributed by atoms with Gasteiger partial charge < -0.3 is 0 Å². The molecule has 0 saturated heterocycles. The van der Waals surface area contributed by atoms with Crippen molar-refractivity contribution in [3.05, 3.63) is 104 Å². The van der Waals surface area contributed by atoms with Crippen LogP contribution in [0.3, 0.4) is 0 Å². The van der Waals surface area contributed by atoms with E-state index in [-0.39, 0.29) is 5.41 Å². The van der Waals surface area contributed by atoms with Gasteiger partial charge in [0.15, 0.2) is 0 Å². The van der Waals surface area contributed by atoms with Gasteiger partial charge in [0, 0.05) is 0 Å². The SMILES string of the molecule is IC1=CC2=C(CC1)c1ccccc1C21C2=C(CCC=C2)c2ccccc21. The quantitative estimate of drug-likeness (QED) is 0.384. The first-order chi connectivity index (χ1) is 12.8. The molecule has 2 aromatic carbocycles. The highest BCUT2D eigenvalue weighted by molar-refractivity contribution is 14.1. The van der Waals surface area contributed by atoms with E-state index < -0.39 is 0 Å². The van der Waals surface area contributed by atoms with Crippen LogP contribution in [0, 0.1) is 0 Å². The average Bonchev–Trinajstić information content (AvgIpc) is 3.15. The van der Waals surface area contributed by atoms with E-state index in [4.69, 9.17) is 0 Å². The Balaban J connectivity index is 1.80. The molecule has 0 saturated carbocycles. The average molecular weight is 446 g/mol. The van der Waals surface area contributed by atoms with Crippen LogP contribution < -0.4 is 0 Å². The lowest BCUT2D eigenvalue weighted by molar-refractivity contribution is 0.768. The second-order valence-corrected chi connectivity index (χ2v) is 9.04. The summed E-state index contributed by atoms with van der Waals surface area (Å²) in [6.07, 6.45) is 12.0. The molecule has 0 nitrogen and oxygen atoms in total. The summed E-state index contributed by atoms with van der Waals surface area (Å²) in [6, 6.07) is 18.3. The van der Waals surface area contributed by atoms with Crippen molar-refractivity contribution >= 4 is 33.7 Å². The van der Waals surface area contributed by atoms with Gasteiger partial charge in [-0.25, -0.2) is 0 Å². The molecule has 0 aliphatic heterocycles. The Hall–Kier alpha value is -1.87. The van der Waals surface area contributed by atoms with Gasteiger partial charge in [0.1, 0.15) is 0 Å². The van der Waals surface area contributed by atoms with Gasteiger partial charge in [-0.15, -0.1) is 0 Å². The van der Waals surface area contributed by atoms with Crippen LogP contribution in [0.25, 0.3) is 11.1 Å². The number of hydrogen-bond acceptors (Lipinski definition) is 0. The molecule has 0 aromatic heterocycles. The van der Waals surface area contributed by atoms with Gasteiger partial charge in [0.2, 0.25) is 0 Å². The number of fused-ring (bicyclic) bond motifs is 8. The fraction of sp³-hybridized carbons (Fsp3) is 0.200. The van der Waals surface area contributed by atoms with Crippen molar-refractivity contribution in [2.45, 2.75) is 31.1 Å². The lowest BCUT2D eigenvalue weighted by Crippen LogP contribution is -2.28. The molecule has 1 unspecified atom stereocenters. The molecule has 0 N–H and O–H groups in total. The summed E-state index contributed by atoms with van der Waals surface area (Å²) in [4.78, 5) is 0. The highest BCUT2D eigenvalue weighted by Crippen LogP contribution is 2.64. The molecule has 26 heavy (non-hydrogen) atoms. The van der Waals surface area contributed by atoms with Gasteiger partial charge >= 0.3 is 0 Å². The maximum Gasteiger partial charge on any atom is 0.0719 e. The number of rotatable bonds is 0. The summed E-state index contributed by atoms with van der Waals surface area (Å²) < 4.78 is 1.49. The van der Waals surface area contributed by atoms with Crippen LogP contribution in [-0.2, 0) is 5.41 Å². The summed E-state index contributed by atoms with van der Waals surface area (Å²) in [5.41, 5.74) is 12.1. The molecule has 1 heteroatoms. The minimum atomic E-state index is -0.0917. The zero-order valence-electron chi connectivity index (χ0n) is 14.6. The van der Waals surface area contributed by atoms with Crippen LogP contribution in [0.2, 0.25) is 0 Å². The van der Waals surface area contributed by atoms with E-state index in [9.17, 15) is 0 Å². The summed E-state index contributed by atoms with van der Waals surface area (Å²) in [5, 5.41) is 0. The van der Waals surface area contributed by atoms with E-state index in [1.54, 1.807) is 16.7 Å². The van der Waals surface area contributed by atoms with Gasteiger partial charge in [-0.1, -0.05) is 60.7 Å². The molecule has 6 rings (SSSR count). The zero-order chi connectivity index (χ0) is 17.3. The molecule has 0 fully saturated rings. The lowest BCUT2D eigenvalue weighted by atomic mass is 9.67. The van der Waals surface area contributed by atoms with Crippen LogP contribution in [0.4, 0.5) is 0 Å². The Labute approximate surface area is 168 Å². The molecule has 1 spiro atoms. The Kier molecular flexibility index (Phi) is 3.11. The van der Waals surface area contributed by atoms with E-state index >= 15 is 0 Å². The van der Waals surface area contributed by atoms with Crippen molar-refractivity contribution < 1.29 is 0 Å². The molecular weight excluding hydrogens is 427 g/mol. The van der Waals surface area contributed by atoms with E-state index in [2.05, 4.69) is 89.3 Å². The van der Waals surface area contributed by atoms with Gasteiger partial charge in [-0.3, -0.25) is 0 Å². The molecular formula is C25H19I. The fourth-order valence-electron chi connectivity index (χ4n) is 5.62. The highest BCUT2D eigenvalue weighted by Gasteiger charge is 2.53. The van der Waals surface area contributed by atoms with Gasteiger partial charge in [-0.05, 0) is 102 Å². The summed E-state index contributed by atoms with van der Waals surface area (Å²) in [7, 11) is 0. The smallest absolute Gasteiger partial charge is 0.0719 e. The van der Waals surface area contributed by atoms with E-state index in [1.807, 2.05) is 0 Å². The molecule has 0 heterocycles. The maximum absolute atomic E-state index is 2.54. The number of halogens is 1. The van der Waals surface area contributed by atoms with Crippen molar-refractivity contribution in [3.8, 4) is 0 Å². The molecule has 0 bridgehead atoms. The topological polar surface area (TPSA) is 0 Å². The van der Waals surface area contributed by atoms with E-state index in [1.165, 1.54) is 37.8 Å². The predicted molar refractivity (Wildman–Crippen MR) is 117 cm³/mol. The van der Waals surface area contributed by atoms with E-state index in [0.717, 1.165) is 19.3 Å². The summed E-state index contributed by atoms with van der Waals surface area (Å²) in [6.45, 7) is 0. The second-order valence-electron chi connectivity index (χ2n) is 7.66. The summed E-state index contributed by atoms with van der Waals surface area (Å²) in [5.74, 6) is 0. The highest BCUT2D eigenvalue weighted by atomic mass is 127. The van der Waals surface area contributed by atoms with Crippen LogP contribution in [-0.4, -0.2) is 0 Å². The Morgan fingerprint density at radius 2 is 1.38 bits per heavy atom. The maximum atomic E-state index is 2.54.